The van der Waals surface area contributed by atoms with Gasteiger partial charge in [0, 0.05) is 11.6 Å². The van der Waals surface area contributed by atoms with Gasteiger partial charge in [0.1, 0.15) is 0 Å². The Bertz CT molecular complexity index is 553. The van der Waals surface area contributed by atoms with Gasteiger partial charge in [0.05, 0.1) is 6.61 Å². The van der Waals surface area contributed by atoms with E-state index in [1.807, 2.05) is 6.08 Å². The third kappa shape index (κ3) is 18.0. The van der Waals surface area contributed by atoms with E-state index in [1.165, 1.54) is 114 Å². The maximum Gasteiger partial charge on any atom is 0.403 e. The van der Waals surface area contributed by atoms with Crippen LogP contribution in [0.15, 0.2) is 30.8 Å². The number of ether oxygens (including phenoxy) is 1. The number of hydrogen-bond donors (Lipinski definition) is 0. The summed E-state index contributed by atoms with van der Waals surface area (Å²) in [4.78, 5) is 10.4. The van der Waals surface area contributed by atoms with E-state index >= 15 is 0 Å². The van der Waals surface area contributed by atoms with Gasteiger partial charge in [-0.2, -0.15) is 0 Å². The van der Waals surface area contributed by atoms with Crippen LogP contribution in [0.25, 0.3) is 6.08 Å². The zero-order valence-electron chi connectivity index (χ0n) is 19.7. The summed E-state index contributed by atoms with van der Waals surface area (Å²) in [5, 5.41) is 0. The molecule has 0 atom stereocenters. The normalized spacial score (nSPS) is 10.9. The van der Waals surface area contributed by atoms with Crippen LogP contribution < -0.4 is 0 Å². The molecule has 0 fully saturated rings. The van der Waals surface area contributed by atoms with Gasteiger partial charge in [-0.05, 0) is 30.4 Å². The average molecular weight is 449 g/mol. The van der Waals surface area contributed by atoms with Gasteiger partial charge in [0.15, 0.2) is 0 Å². The second-order valence-corrected chi connectivity index (χ2v) is 9.10. The largest absolute Gasteiger partial charge is 0.454 e. The first-order chi connectivity index (χ1) is 15.2. The Labute approximate surface area is 196 Å². The average Bonchev–Trinajstić information content (AvgIpc) is 2.78. The fraction of sp³-hybridized carbons (Fsp3) is 0.679. The lowest BCUT2D eigenvalue weighted by molar-refractivity contribution is 0.170. The van der Waals surface area contributed by atoms with Crippen molar-refractivity contribution in [2.45, 2.75) is 116 Å². The number of carbonyl (C=O) groups excluding carboxylic acids is 1. The summed E-state index contributed by atoms with van der Waals surface area (Å²) in [6.07, 6.45) is 25.8. The van der Waals surface area contributed by atoms with E-state index in [2.05, 4.69) is 30.8 Å². The first kappa shape index (κ1) is 27.8. The second-order valence-electron chi connectivity index (χ2n) is 8.79. The summed E-state index contributed by atoms with van der Waals surface area (Å²) < 4.78 is 4.72. The lowest BCUT2D eigenvalue weighted by Crippen LogP contribution is -1.96. The number of aryl methyl sites for hydroxylation is 1. The van der Waals surface area contributed by atoms with Crippen LogP contribution in [-0.2, 0) is 11.2 Å². The Hall–Kier alpha value is -1.28. The molecule has 2 nitrogen and oxygen atoms in total. The molecule has 0 saturated heterocycles. The van der Waals surface area contributed by atoms with Crippen LogP contribution in [0.1, 0.15) is 120 Å². The zero-order chi connectivity index (χ0) is 22.4. The van der Waals surface area contributed by atoms with Crippen molar-refractivity contribution >= 4 is 23.1 Å². The first-order valence-electron chi connectivity index (χ1n) is 12.8. The molecule has 31 heavy (non-hydrogen) atoms. The molecule has 176 valence electrons. The van der Waals surface area contributed by atoms with Crippen molar-refractivity contribution in [1.29, 1.82) is 0 Å². The highest BCUT2D eigenvalue weighted by Gasteiger charge is 1.97. The first-order valence-corrected chi connectivity index (χ1v) is 13.1. The molecular weight excluding hydrogens is 404 g/mol. The number of unbranched alkanes of at least 4 members (excludes halogenated alkanes) is 16. The maximum absolute atomic E-state index is 10.4. The molecule has 1 aromatic rings. The summed E-state index contributed by atoms with van der Waals surface area (Å²) in [7, 11) is 0. The lowest BCUT2D eigenvalue weighted by Gasteiger charge is -2.04. The van der Waals surface area contributed by atoms with Gasteiger partial charge in [-0.15, -0.1) is 0 Å². The van der Waals surface area contributed by atoms with Crippen molar-refractivity contribution in [3.8, 4) is 0 Å². The highest BCUT2D eigenvalue weighted by Crippen LogP contribution is 2.15. The SMILES string of the molecule is C=Cc1ccc(CCCCCCCCCCCCCCCCCCCOC(=O)Cl)cc1. The van der Waals surface area contributed by atoms with E-state index in [0.717, 1.165) is 12.8 Å². The lowest BCUT2D eigenvalue weighted by atomic mass is 10.0. The molecule has 0 heterocycles. The summed E-state index contributed by atoms with van der Waals surface area (Å²) in [5.41, 5.74) is 1.98. The van der Waals surface area contributed by atoms with E-state index in [0.29, 0.717) is 6.61 Å². The van der Waals surface area contributed by atoms with E-state index in [4.69, 9.17) is 16.3 Å². The van der Waals surface area contributed by atoms with E-state index < -0.39 is 5.43 Å². The van der Waals surface area contributed by atoms with Crippen LogP contribution in [0.2, 0.25) is 0 Å². The molecule has 0 radical (unpaired) electrons. The molecule has 0 aliphatic carbocycles. The Morgan fingerprint density at radius 1 is 0.677 bits per heavy atom. The third-order valence-corrected chi connectivity index (χ3v) is 6.15. The maximum atomic E-state index is 10.4. The molecule has 0 saturated carbocycles. The predicted octanol–water partition coefficient (Wildman–Crippen LogP) is 9.88. The van der Waals surface area contributed by atoms with Crippen LogP contribution in [0.5, 0.6) is 0 Å². The molecule has 0 amide bonds. The molecule has 0 spiro atoms. The number of benzene rings is 1. The minimum absolute atomic E-state index is 0.466. The summed E-state index contributed by atoms with van der Waals surface area (Å²) in [6, 6.07) is 8.81. The molecule has 0 aromatic heterocycles. The summed E-state index contributed by atoms with van der Waals surface area (Å²) >= 11 is 5.12. The number of halogens is 1. The van der Waals surface area contributed by atoms with Crippen LogP contribution in [0.4, 0.5) is 4.79 Å². The molecule has 1 rings (SSSR count). The van der Waals surface area contributed by atoms with Gasteiger partial charge >= 0.3 is 5.43 Å². The van der Waals surface area contributed by atoms with Crippen LogP contribution >= 0.6 is 11.6 Å². The van der Waals surface area contributed by atoms with E-state index in [9.17, 15) is 4.79 Å². The molecule has 3 heteroatoms. The monoisotopic (exact) mass is 448 g/mol. The van der Waals surface area contributed by atoms with Gasteiger partial charge in [0.2, 0.25) is 0 Å². The van der Waals surface area contributed by atoms with Crippen LogP contribution in [-0.4, -0.2) is 12.0 Å². The van der Waals surface area contributed by atoms with E-state index in [1.54, 1.807) is 0 Å². The molecule has 0 aliphatic heterocycles. The Morgan fingerprint density at radius 3 is 1.45 bits per heavy atom. The molecule has 0 bridgehead atoms. The standard InChI is InChI=1S/C28H45ClO2/c1-2-26-21-23-27(24-22-26)20-18-16-14-12-10-8-6-4-3-5-7-9-11-13-15-17-19-25-31-28(29)30/h2,21-24H,1,3-20,25H2. The fourth-order valence-electron chi connectivity index (χ4n) is 4.06. The zero-order valence-corrected chi connectivity index (χ0v) is 20.5. The molecule has 0 aliphatic rings. The number of hydrogen-bond acceptors (Lipinski definition) is 2. The quantitative estimate of drug-likeness (QED) is 0.138. The van der Waals surface area contributed by atoms with Crippen molar-refractivity contribution < 1.29 is 9.53 Å². The molecule has 0 unspecified atom stereocenters. The summed E-state index contributed by atoms with van der Waals surface area (Å²) in [6.45, 7) is 4.27. The minimum Gasteiger partial charge on any atom is -0.454 e. The smallest absolute Gasteiger partial charge is 0.403 e. The minimum atomic E-state index is -0.683. The number of rotatable bonds is 21. The van der Waals surface area contributed by atoms with Crippen molar-refractivity contribution in [3.63, 3.8) is 0 Å². The molecule has 1 aromatic carbocycles. The highest BCUT2D eigenvalue weighted by molar-refractivity contribution is 6.61. The molecule has 0 N–H and O–H groups in total. The van der Waals surface area contributed by atoms with Crippen molar-refractivity contribution in [2.75, 3.05) is 6.61 Å². The second kappa shape index (κ2) is 20.6. The van der Waals surface area contributed by atoms with Crippen molar-refractivity contribution in [3.05, 3.63) is 42.0 Å². The fourth-order valence-corrected chi connectivity index (χ4v) is 4.13. The third-order valence-electron chi connectivity index (χ3n) is 6.04. The van der Waals surface area contributed by atoms with E-state index in [-0.39, 0.29) is 0 Å². The Balaban J connectivity index is 1.72. The van der Waals surface area contributed by atoms with Crippen molar-refractivity contribution in [1.82, 2.24) is 0 Å². The van der Waals surface area contributed by atoms with Crippen LogP contribution in [0.3, 0.4) is 0 Å². The van der Waals surface area contributed by atoms with Gasteiger partial charge in [-0.1, -0.05) is 133 Å². The summed E-state index contributed by atoms with van der Waals surface area (Å²) in [5.74, 6) is 0. The van der Waals surface area contributed by atoms with Gasteiger partial charge in [0.25, 0.3) is 0 Å². The van der Waals surface area contributed by atoms with Gasteiger partial charge in [-0.25, -0.2) is 4.79 Å². The molecular formula is C28H45ClO2. The number of carbonyl (C=O) groups is 1. The van der Waals surface area contributed by atoms with Crippen LogP contribution in [0, 0.1) is 0 Å². The predicted molar refractivity (Wildman–Crippen MR) is 136 cm³/mol. The van der Waals surface area contributed by atoms with Gasteiger partial charge in [-0.3, -0.25) is 0 Å². The highest BCUT2D eigenvalue weighted by atomic mass is 35.5. The van der Waals surface area contributed by atoms with Gasteiger partial charge < -0.3 is 4.74 Å². The van der Waals surface area contributed by atoms with Crippen molar-refractivity contribution in [2.24, 2.45) is 0 Å². The Morgan fingerprint density at radius 2 is 1.06 bits per heavy atom. The Kier molecular flexibility index (Phi) is 18.5. The topological polar surface area (TPSA) is 26.3 Å².